The van der Waals surface area contributed by atoms with E-state index >= 15 is 0 Å². The summed E-state index contributed by atoms with van der Waals surface area (Å²) in [5.74, 6) is -1.13. The Morgan fingerprint density at radius 2 is 2.00 bits per heavy atom. The van der Waals surface area contributed by atoms with Gasteiger partial charge in [0.2, 0.25) is 5.88 Å². The molecule has 1 heterocycles. The van der Waals surface area contributed by atoms with Crippen LogP contribution in [0.5, 0.6) is 5.88 Å². The minimum Gasteiger partial charge on any atom is -0.494 e. The third-order valence-electron chi connectivity index (χ3n) is 3.79. The second kappa shape index (κ2) is 8.12. The second-order valence-electron chi connectivity index (χ2n) is 5.70. The first-order valence-corrected chi connectivity index (χ1v) is 9.32. The molecule has 0 atom stereocenters. The number of hydrogen-bond acceptors (Lipinski definition) is 4. The number of aromatic hydroxyl groups is 1. The van der Waals surface area contributed by atoms with Crippen LogP contribution in [-0.4, -0.2) is 16.0 Å². The van der Waals surface area contributed by atoms with Gasteiger partial charge in [0, 0.05) is 23.6 Å². The van der Waals surface area contributed by atoms with Gasteiger partial charge in [-0.1, -0.05) is 46.7 Å². The summed E-state index contributed by atoms with van der Waals surface area (Å²) in [6.07, 6.45) is 0.263. The zero-order chi connectivity index (χ0) is 19.6. The summed E-state index contributed by atoms with van der Waals surface area (Å²) in [6, 6.07) is 8.89. The van der Waals surface area contributed by atoms with Crippen LogP contribution in [0.4, 0.5) is 4.39 Å². The highest BCUT2D eigenvalue weighted by atomic mass is 35.5. The van der Waals surface area contributed by atoms with E-state index in [9.17, 15) is 19.1 Å². The van der Waals surface area contributed by atoms with Crippen molar-refractivity contribution >= 4 is 40.4 Å². The van der Waals surface area contributed by atoms with E-state index in [2.05, 4.69) is 10.3 Å². The number of aromatic amines is 1. The Labute approximate surface area is 167 Å². The molecule has 3 rings (SSSR count). The minimum atomic E-state index is -0.479. The van der Waals surface area contributed by atoms with Crippen LogP contribution in [0, 0.1) is 5.82 Å². The van der Waals surface area contributed by atoms with Crippen LogP contribution in [0.1, 0.15) is 26.4 Å². The van der Waals surface area contributed by atoms with E-state index in [1.165, 1.54) is 18.2 Å². The lowest BCUT2D eigenvalue weighted by Gasteiger charge is -2.09. The lowest BCUT2D eigenvalue weighted by atomic mass is 10.1. The number of hydrogen-bond donors (Lipinski definition) is 3. The maximum atomic E-state index is 14.1. The van der Waals surface area contributed by atoms with Crippen LogP contribution < -0.4 is 10.2 Å². The summed E-state index contributed by atoms with van der Waals surface area (Å²) in [5, 5.41) is 12.9. The zero-order valence-electron chi connectivity index (χ0n) is 13.7. The molecule has 0 saturated heterocycles. The summed E-state index contributed by atoms with van der Waals surface area (Å²) in [4.78, 5) is 25.9. The van der Waals surface area contributed by atoms with Gasteiger partial charge >= 0.3 is 4.87 Å². The lowest BCUT2D eigenvalue weighted by molar-refractivity contribution is 0.0950. The molecule has 0 saturated carbocycles. The monoisotopic (exact) mass is 426 g/mol. The minimum absolute atomic E-state index is 0.0488. The molecule has 5 nitrogen and oxygen atoms in total. The maximum Gasteiger partial charge on any atom is 0.307 e. The molecule has 0 fully saturated rings. The topological polar surface area (TPSA) is 82.2 Å². The van der Waals surface area contributed by atoms with E-state index in [0.29, 0.717) is 15.5 Å². The number of thiazole rings is 1. The Morgan fingerprint density at radius 3 is 2.67 bits per heavy atom. The third kappa shape index (κ3) is 4.68. The number of H-pyrrole nitrogens is 1. The van der Waals surface area contributed by atoms with Crippen LogP contribution >= 0.6 is 34.5 Å². The third-order valence-corrected chi connectivity index (χ3v) is 5.21. The number of rotatable bonds is 5. The van der Waals surface area contributed by atoms with Crippen molar-refractivity contribution in [2.45, 2.75) is 13.0 Å². The molecule has 3 aromatic rings. The summed E-state index contributed by atoms with van der Waals surface area (Å²) >= 11 is 12.7. The van der Waals surface area contributed by atoms with E-state index in [0.717, 1.165) is 11.3 Å². The van der Waals surface area contributed by atoms with Gasteiger partial charge in [-0.25, -0.2) is 4.39 Å². The Bertz CT molecular complexity index is 1070. The fourth-order valence-electron chi connectivity index (χ4n) is 2.48. The normalized spacial score (nSPS) is 10.8. The first-order valence-electron chi connectivity index (χ1n) is 7.75. The van der Waals surface area contributed by atoms with Crippen molar-refractivity contribution in [2.75, 3.05) is 0 Å². The van der Waals surface area contributed by atoms with E-state index in [-0.39, 0.29) is 39.9 Å². The van der Waals surface area contributed by atoms with Crippen molar-refractivity contribution in [1.82, 2.24) is 10.3 Å². The van der Waals surface area contributed by atoms with Gasteiger partial charge in [-0.2, -0.15) is 0 Å². The molecular weight excluding hydrogens is 414 g/mol. The quantitative estimate of drug-likeness (QED) is 0.573. The van der Waals surface area contributed by atoms with Crippen LogP contribution in [0.2, 0.25) is 10.0 Å². The average Bonchev–Trinajstić information content (AvgIpc) is 2.92. The van der Waals surface area contributed by atoms with E-state index in [1.54, 1.807) is 18.2 Å². The molecule has 0 spiro atoms. The number of aromatic nitrogens is 1. The van der Waals surface area contributed by atoms with Crippen molar-refractivity contribution in [1.29, 1.82) is 0 Å². The van der Waals surface area contributed by atoms with Crippen molar-refractivity contribution in [3.05, 3.63) is 83.5 Å². The SMILES string of the molecule is O=C(NCc1cc(Cc2sc(=O)[nH]c2O)ccc1F)c1ccc(Cl)cc1Cl. The molecule has 1 amide bonds. The lowest BCUT2D eigenvalue weighted by Crippen LogP contribution is -2.23. The predicted molar refractivity (Wildman–Crippen MR) is 103 cm³/mol. The fourth-order valence-corrected chi connectivity index (χ4v) is 3.73. The molecule has 0 aliphatic carbocycles. The molecule has 1 aromatic heterocycles. The Balaban J connectivity index is 1.74. The van der Waals surface area contributed by atoms with E-state index < -0.39 is 11.7 Å². The van der Waals surface area contributed by atoms with Gasteiger partial charge in [-0.3, -0.25) is 14.6 Å². The summed E-state index contributed by atoms with van der Waals surface area (Å²) in [7, 11) is 0. The molecule has 27 heavy (non-hydrogen) atoms. The average molecular weight is 427 g/mol. The highest BCUT2D eigenvalue weighted by Crippen LogP contribution is 2.23. The summed E-state index contributed by atoms with van der Waals surface area (Å²) in [5.41, 5.74) is 1.20. The van der Waals surface area contributed by atoms with Crippen molar-refractivity contribution in [3.63, 3.8) is 0 Å². The summed E-state index contributed by atoms with van der Waals surface area (Å²) in [6.45, 7) is -0.0488. The summed E-state index contributed by atoms with van der Waals surface area (Å²) < 4.78 is 14.1. The van der Waals surface area contributed by atoms with Crippen LogP contribution in [-0.2, 0) is 13.0 Å². The standard InChI is InChI=1S/C18H13Cl2FN2O3S/c19-11-2-3-12(13(20)7-11)16(24)22-8-10-5-9(1-4-14(10)21)6-15-17(25)23-18(26)27-15/h1-5,7,25H,6,8H2,(H,22,24)(H,23,26). The molecule has 9 heteroatoms. The van der Waals surface area contributed by atoms with Crippen molar-refractivity contribution in [2.24, 2.45) is 0 Å². The van der Waals surface area contributed by atoms with Gasteiger partial charge in [0.05, 0.1) is 15.5 Å². The number of nitrogens with one attached hydrogen (secondary N) is 2. The number of halogens is 3. The van der Waals surface area contributed by atoms with Crippen molar-refractivity contribution < 1.29 is 14.3 Å². The molecular formula is C18H13Cl2FN2O3S. The van der Waals surface area contributed by atoms with Gasteiger partial charge in [0.15, 0.2) is 0 Å². The number of carbonyl (C=O) groups excluding carboxylic acids is 1. The Hall–Kier alpha value is -2.35. The molecule has 0 bridgehead atoms. The zero-order valence-corrected chi connectivity index (χ0v) is 16.0. The molecule has 0 radical (unpaired) electrons. The number of carbonyl (C=O) groups is 1. The maximum absolute atomic E-state index is 14.1. The molecule has 0 unspecified atom stereocenters. The first-order chi connectivity index (χ1) is 12.8. The van der Waals surface area contributed by atoms with Gasteiger partial charge in [0.25, 0.3) is 5.91 Å². The molecule has 140 valence electrons. The van der Waals surface area contributed by atoms with Crippen LogP contribution in [0.25, 0.3) is 0 Å². The van der Waals surface area contributed by atoms with Crippen molar-refractivity contribution in [3.8, 4) is 5.88 Å². The van der Waals surface area contributed by atoms with Gasteiger partial charge in [0.1, 0.15) is 5.82 Å². The highest BCUT2D eigenvalue weighted by Gasteiger charge is 2.13. The Kier molecular flexibility index (Phi) is 5.84. The van der Waals surface area contributed by atoms with E-state index in [4.69, 9.17) is 23.2 Å². The van der Waals surface area contributed by atoms with Crippen LogP contribution in [0.15, 0.2) is 41.2 Å². The number of amides is 1. The smallest absolute Gasteiger partial charge is 0.307 e. The Morgan fingerprint density at radius 1 is 1.22 bits per heavy atom. The van der Waals surface area contributed by atoms with Gasteiger partial charge in [-0.05, 0) is 29.8 Å². The van der Waals surface area contributed by atoms with Crippen LogP contribution in [0.3, 0.4) is 0 Å². The number of benzene rings is 2. The van der Waals surface area contributed by atoms with Gasteiger partial charge < -0.3 is 10.4 Å². The van der Waals surface area contributed by atoms with E-state index in [1.807, 2.05) is 0 Å². The molecule has 0 aliphatic rings. The van der Waals surface area contributed by atoms with Gasteiger partial charge in [-0.15, -0.1) is 0 Å². The molecule has 3 N–H and O–H groups in total. The fraction of sp³-hybridized carbons (Fsp3) is 0.111. The largest absolute Gasteiger partial charge is 0.494 e. The highest BCUT2D eigenvalue weighted by molar-refractivity contribution is 7.09. The molecule has 2 aromatic carbocycles. The first kappa shape index (κ1) is 19.4. The second-order valence-corrected chi connectivity index (χ2v) is 7.61. The predicted octanol–water partition coefficient (Wildman–Crippen LogP) is 4.11. The molecule has 0 aliphatic heterocycles.